The second-order valence-corrected chi connectivity index (χ2v) is 7.85. The van der Waals surface area contributed by atoms with Crippen molar-refractivity contribution in [3.63, 3.8) is 0 Å². The summed E-state index contributed by atoms with van der Waals surface area (Å²) in [6, 6.07) is 13.5. The predicted octanol–water partition coefficient (Wildman–Crippen LogP) is 3.53. The number of piperidine rings is 1. The molecule has 0 spiro atoms. The molecular weight excluding hydrogens is 388 g/mol. The van der Waals surface area contributed by atoms with E-state index in [0.717, 1.165) is 29.8 Å². The van der Waals surface area contributed by atoms with E-state index in [-0.39, 0.29) is 11.9 Å². The van der Waals surface area contributed by atoms with Crippen LogP contribution in [0, 0.1) is 0 Å². The van der Waals surface area contributed by atoms with Crippen LogP contribution in [-0.4, -0.2) is 49.0 Å². The summed E-state index contributed by atoms with van der Waals surface area (Å²) in [7, 11) is 0. The highest BCUT2D eigenvalue weighted by Gasteiger charge is 2.27. The molecule has 1 aromatic carbocycles. The van der Waals surface area contributed by atoms with Gasteiger partial charge in [0.2, 0.25) is 5.82 Å². The zero-order valence-corrected chi connectivity index (χ0v) is 16.3. The SMILES string of the molecule is O=C(c1cccs1)N1CCCC(n2cc(-c3nc(-c4ccccc4)no3)nn2)C1. The summed E-state index contributed by atoms with van der Waals surface area (Å²) >= 11 is 1.47. The Morgan fingerprint density at radius 3 is 2.90 bits per heavy atom. The van der Waals surface area contributed by atoms with Gasteiger partial charge in [0.15, 0.2) is 5.69 Å². The number of hydrogen-bond acceptors (Lipinski definition) is 7. The molecule has 1 aliphatic rings. The molecule has 0 aliphatic carbocycles. The van der Waals surface area contributed by atoms with Crippen LogP contribution in [0.4, 0.5) is 0 Å². The lowest BCUT2D eigenvalue weighted by atomic mass is 10.1. The van der Waals surface area contributed by atoms with Gasteiger partial charge in [-0.2, -0.15) is 4.98 Å². The van der Waals surface area contributed by atoms with Gasteiger partial charge in [-0.05, 0) is 24.3 Å². The van der Waals surface area contributed by atoms with Crippen molar-refractivity contribution >= 4 is 17.2 Å². The van der Waals surface area contributed by atoms with Gasteiger partial charge in [-0.3, -0.25) is 4.79 Å². The van der Waals surface area contributed by atoms with E-state index < -0.39 is 0 Å². The minimum absolute atomic E-state index is 0.0745. The molecule has 0 N–H and O–H groups in total. The smallest absolute Gasteiger partial charge is 0.280 e. The molecule has 1 atom stereocenters. The van der Waals surface area contributed by atoms with E-state index in [4.69, 9.17) is 4.52 Å². The Balaban J connectivity index is 1.32. The average Bonchev–Trinajstić information content (AvgIpc) is 3.55. The predicted molar refractivity (Wildman–Crippen MR) is 107 cm³/mol. The molecule has 0 radical (unpaired) electrons. The first-order chi connectivity index (χ1) is 14.3. The molecule has 0 saturated carbocycles. The van der Waals surface area contributed by atoms with Crippen molar-refractivity contribution in [1.82, 2.24) is 30.0 Å². The Hall–Kier alpha value is -3.33. The molecule has 1 unspecified atom stereocenters. The van der Waals surface area contributed by atoms with Gasteiger partial charge in [0.25, 0.3) is 11.8 Å². The summed E-state index contributed by atoms with van der Waals surface area (Å²) in [5.41, 5.74) is 1.41. The second kappa shape index (κ2) is 7.59. The number of hydrogen-bond donors (Lipinski definition) is 0. The van der Waals surface area contributed by atoms with Gasteiger partial charge in [-0.15, -0.1) is 16.4 Å². The summed E-state index contributed by atoms with van der Waals surface area (Å²) in [5.74, 6) is 0.924. The Bertz CT molecular complexity index is 1110. The average molecular weight is 406 g/mol. The fourth-order valence-electron chi connectivity index (χ4n) is 3.50. The molecule has 9 heteroatoms. The van der Waals surface area contributed by atoms with E-state index >= 15 is 0 Å². The summed E-state index contributed by atoms with van der Waals surface area (Å²) < 4.78 is 7.18. The third-order valence-electron chi connectivity index (χ3n) is 4.98. The van der Waals surface area contributed by atoms with Crippen LogP contribution in [0.15, 0.2) is 58.6 Å². The monoisotopic (exact) mass is 406 g/mol. The van der Waals surface area contributed by atoms with Crippen LogP contribution in [0.1, 0.15) is 28.6 Å². The molecule has 4 heterocycles. The van der Waals surface area contributed by atoms with E-state index in [1.165, 1.54) is 11.3 Å². The molecule has 1 saturated heterocycles. The highest BCUT2D eigenvalue weighted by atomic mass is 32.1. The first-order valence-electron chi connectivity index (χ1n) is 9.42. The van der Waals surface area contributed by atoms with Gasteiger partial charge in [-0.1, -0.05) is 46.8 Å². The van der Waals surface area contributed by atoms with Crippen molar-refractivity contribution in [2.45, 2.75) is 18.9 Å². The van der Waals surface area contributed by atoms with Crippen LogP contribution < -0.4 is 0 Å². The van der Waals surface area contributed by atoms with E-state index in [9.17, 15) is 4.79 Å². The second-order valence-electron chi connectivity index (χ2n) is 6.90. The maximum atomic E-state index is 12.7. The minimum Gasteiger partial charge on any atom is -0.336 e. The fourth-order valence-corrected chi connectivity index (χ4v) is 4.19. The standard InChI is InChI=1S/C20H18N6O2S/c27-20(17-9-5-11-29-17)25-10-4-8-15(12-25)26-13-16(22-24-26)19-21-18(23-28-19)14-6-2-1-3-7-14/h1-3,5-7,9,11,13,15H,4,8,10,12H2. The number of rotatable bonds is 4. The first-order valence-corrected chi connectivity index (χ1v) is 10.3. The van der Waals surface area contributed by atoms with Gasteiger partial charge in [0.1, 0.15) is 0 Å². The van der Waals surface area contributed by atoms with E-state index in [1.54, 1.807) is 4.68 Å². The van der Waals surface area contributed by atoms with Crippen molar-refractivity contribution in [3.05, 3.63) is 58.9 Å². The van der Waals surface area contributed by atoms with Crippen LogP contribution in [0.3, 0.4) is 0 Å². The zero-order valence-electron chi connectivity index (χ0n) is 15.5. The summed E-state index contributed by atoms with van der Waals surface area (Å²) in [4.78, 5) is 19.7. The van der Waals surface area contributed by atoms with Gasteiger partial charge in [-0.25, -0.2) is 4.68 Å². The lowest BCUT2D eigenvalue weighted by Crippen LogP contribution is -2.40. The number of nitrogens with zero attached hydrogens (tertiary/aromatic N) is 6. The number of carbonyl (C=O) groups is 1. The van der Waals surface area contributed by atoms with Crippen molar-refractivity contribution in [2.75, 3.05) is 13.1 Å². The summed E-state index contributed by atoms with van der Waals surface area (Å²) in [5, 5.41) is 14.4. The summed E-state index contributed by atoms with van der Waals surface area (Å²) in [6.45, 7) is 1.37. The Morgan fingerprint density at radius 2 is 2.07 bits per heavy atom. The van der Waals surface area contributed by atoms with Crippen LogP contribution in [-0.2, 0) is 0 Å². The molecular formula is C20H18N6O2S. The Morgan fingerprint density at radius 1 is 1.17 bits per heavy atom. The minimum atomic E-state index is 0.0745. The molecule has 29 heavy (non-hydrogen) atoms. The largest absolute Gasteiger partial charge is 0.336 e. The quantitative estimate of drug-likeness (QED) is 0.515. The molecule has 3 aromatic heterocycles. The normalized spacial score (nSPS) is 16.8. The van der Waals surface area contributed by atoms with E-state index in [2.05, 4.69) is 20.5 Å². The molecule has 0 bridgehead atoms. The maximum Gasteiger partial charge on any atom is 0.280 e. The van der Waals surface area contributed by atoms with Gasteiger partial charge in [0, 0.05) is 18.7 Å². The number of benzene rings is 1. The van der Waals surface area contributed by atoms with Gasteiger partial charge in [0.05, 0.1) is 17.1 Å². The third-order valence-corrected chi connectivity index (χ3v) is 5.84. The zero-order chi connectivity index (χ0) is 19.6. The lowest BCUT2D eigenvalue weighted by Gasteiger charge is -2.32. The van der Waals surface area contributed by atoms with E-state index in [1.807, 2.05) is 58.9 Å². The van der Waals surface area contributed by atoms with Crippen LogP contribution in [0.2, 0.25) is 0 Å². The van der Waals surface area contributed by atoms with E-state index in [0.29, 0.717) is 24.0 Å². The summed E-state index contributed by atoms with van der Waals surface area (Å²) in [6.07, 6.45) is 3.68. The Labute approximate surface area is 170 Å². The van der Waals surface area contributed by atoms with Crippen molar-refractivity contribution in [3.8, 4) is 23.0 Å². The molecule has 1 fully saturated rings. The number of carbonyl (C=O) groups excluding carboxylic acids is 1. The molecule has 1 amide bonds. The van der Waals surface area contributed by atoms with Gasteiger partial charge < -0.3 is 9.42 Å². The molecule has 146 valence electrons. The maximum absolute atomic E-state index is 12.7. The molecule has 8 nitrogen and oxygen atoms in total. The highest BCUT2D eigenvalue weighted by Crippen LogP contribution is 2.25. The van der Waals surface area contributed by atoms with Crippen molar-refractivity contribution < 1.29 is 9.32 Å². The number of thiophene rings is 1. The number of amides is 1. The Kier molecular flexibility index (Phi) is 4.65. The molecule has 5 rings (SSSR count). The van der Waals surface area contributed by atoms with Crippen LogP contribution >= 0.6 is 11.3 Å². The first kappa shape index (κ1) is 17.7. The lowest BCUT2D eigenvalue weighted by molar-refractivity contribution is 0.0677. The van der Waals surface area contributed by atoms with Gasteiger partial charge >= 0.3 is 0 Å². The van der Waals surface area contributed by atoms with Crippen molar-refractivity contribution in [1.29, 1.82) is 0 Å². The van der Waals surface area contributed by atoms with Crippen LogP contribution in [0.5, 0.6) is 0 Å². The topological polar surface area (TPSA) is 89.9 Å². The molecule has 4 aromatic rings. The molecule has 1 aliphatic heterocycles. The van der Waals surface area contributed by atoms with Crippen LogP contribution in [0.25, 0.3) is 23.0 Å². The fraction of sp³-hybridized carbons (Fsp3) is 0.250. The number of aromatic nitrogens is 5. The number of likely N-dealkylation sites (tertiary alicyclic amines) is 1. The van der Waals surface area contributed by atoms with Crippen molar-refractivity contribution in [2.24, 2.45) is 0 Å². The highest BCUT2D eigenvalue weighted by molar-refractivity contribution is 7.12. The third kappa shape index (κ3) is 3.56.